The smallest absolute Gasteiger partial charge is 0.251 e. The number of aryl methyl sites for hydroxylation is 1. The van der Waals surface area contributed by atoms with Crippen molar-refractivity contribution in [1.82, 2.24) is 20.3 Å². The number of carbonyl (C=O) groups excluding carboxylic acids is 1. The molecule has 0 fully saturated rings. The first-order valence-corrected chi connectivity index (χ1v) is 11.1. The molecule has 4 aromatic rings. The highest BCUT2D eigenvalue weighted by Crippen LogP contribution is 2.21. The SMILES string of the molecule is CCC(NC(=O)c1ccc(OCc2csc(C)n2)cc1)c1ncc(-c2ccccc2)[nH]1. The standard InChI is InChI=1S/C24H24N4O2S/c1-3-21(23-25-13-22(27-23)17-7-5-4-6-8-17)28-24(29)18-9-11-20(12-10-18)30-14-19-15-31-16(2)26-19/h4-13,15,21H,3,14H2,1-2H3,(H,25,27)(H,28,29). The molecule has 2 aromatic carbocycles. The van der Waals surface area contributed by atoms with Crippen molar-refractivity contribution >= 4 is 17.2 Å². The van der Waals surface area contributed by atoms with Gasteiger partial charge in [-0.25, -0.2) is 9.97 Å². The highest BCUT2D eigenvalue weighted by Gasteiger charge is 2.17. The van der Waals surface area contributed by atoms with Crippen LogP contribution in [0.2, 0.25) is 0 Å². The lowest BCUT2D eigenvalue weighted by Gasteiger charge is -2.15. The van der Waals surface area contributed by atoms with Gasteiger partial charge in [-0.2, -0.15) is 0 Å². The van der Waals surface area contributed by atoms with Crippen molar-refractivity contribution in [3.05, 3.63) is 88.3 Å². The van der Waals surface area contributed by atoms with Gasteiger partial charge in [-0.15, -0.1) is 11.3 Å². The molecule has 158 valence electrons. The molecule has 4 rings (SSSR count). The molecule has 2 aromatic heterocycles. The summed E-state index contributed by atoms with van der Waals surface area (Å²) in [6.07, 6.45) is 2.52. The van der Waals surface area contributed by atoms with E-state index >= 15 is 0 Å². The molecule has 0 radical (unpaired) electrons. The molecule has 1 amide bonds. The number of nitrogens with one attached hydrogen (secondary N) is 2. The number of H-pyrrole nitrogens is 1. The van der Waals surface area contributed by atoms with Gasteiger partial charge in [0.2, 0.25) is 0 Å². The third kappa shape index (κ3) is 5.19. The fourth-order valence-electron chi connectivity index (χ4n) is 3.22. The second-order valence-corrected chi connectivity index (χ2v) is 8.22. The molecule has 31 heavy (non-hydrogen) atoms. The molecule has 0 bridgehead atoms. The average Bonchev–Trinajstić information content (AvgIpc) is 3.46. The van der Waals surface area contributed by atoms with Crippen LogP contribution in [0.1, 0.15) is 46.3 Å². The van der Waals surface area contributed by atoms with Crippen LogP contribution >= 0.6 is 11.3 Å². The van der Waals surface area contributed by atoms with E-state index in [1.165, 1.54) is 0 Å². The molecule has 0 spiro atoms. The van der Waals surface area contributed by atoms with Gasteiger partial charge >= 0.3 is 0 Å². The predicted molar refractivity (Wildman–Crippen MR) is 122 cm³/mol. The van der Waals surface area contributed by atoms with E-state index in [4.69, 9.17) is 4.74 Å². The van der Waals surface area contributed by atoms with E-state index in [1.807, 2.05) is 49.6 Å². The first-order valence-electron chi connectivity index (χ1n) is 10.2. The molecule has 6 nitrogen and oxygen atoms in total. The minimum Gasteiger partial charge on any atom is -0.487 e. The van der Waals surface area contributed by atoms with Gasteiger partial charge in [0.15, 0.2) is 0 Å². The second-order valence-electron chi connectivity index (χ2n) is 7.15. The van der Waals surface area contributed by atoms with Gasteiger partial charge in [0.25, 0.3) is 5.91 Å². The van der Waals surface area contributed by atoms with E-state index in [9.17, 15) is 4.79 Å². The summed E-state index contributed by atoms with van der Waals surface area (Å²) in [5.41, 5.74) is 3.47. The number of aromatic amines is 1. The van der Waals surface area contributed by atoms with E-state index in [0.29, 0.717) is 17.9 Å². The zero-order valence-electron chi connectivity index (χ0n) is 17.5. The maximum Gasteiger partial charge on any atom is 0.251 e. The van der Waals surface area contributed by atoms with Gasteiger partial charge < -0.3 is 15.0 Å². The van der Waals surface area contributed by atoms with Crippen LogP contribution in [0.3, 0.4) is 0 Å². The number of hydrogen-bond donors (Lipinski definition) is 2. The van der Waals surface area contributed by atoms with Crippen LogP contribution in [0.25, 0.3) is 11.3 Å². The van der Waals surface area contributed by atoms with Crippen LogP contribution in [0, 0.1) is 6.92 Å². The molecular weight excluding hydrogens is 408 g/mol. The van der Waals surface area contributed by atoms with Crippen LogP contribution in [0.5, 0.6) is 5.75 Å². The lowest BCUT2D eigenvalue weighted by molar-refractivity contribution is 0.0934. The Morgan fingerprint density at radius 2 is 1.94 bits per heavy atom. The Kier molecular flexibility index (Phi) is 6.43. The van der Waals surface area contributed by atoms with Crippen LogP contribution in [-0.2, 0) is 6.61 Å². The number of amides is 1. The Morgan fingerprint density at radius 3 is 2.61 bits per heavy atom. The third-order valence-electron chi connectivity index (χ3n) is 4.89. The molecule has 7 heteroatoms. The highest BCUT2D eigenvalue weighted by molar-refractivity contribution is 7.09. The van der Waals surface area contributed by atoms with Gasteiger partial charge in [-0.3, -0.25) is 4.79 Å². The Balaban J connectivity index is 1.38. The predicted octanol–water partition coefficient (Wildman–Crippen LogP) is 5.30. The van der Waals surface area contributed by atoms with Crippen molar-refractivity contribution in [1.29, 1.82) is 0 Å². The first-order chi connectivity index (χ1) is 15.1. The minimum atomic E-state index is -0.200. The van der Waals surface area contributed by atoms with E-state index in [1.54, 1.807) is 41.8 Å². The molecular formula is C24H24N4O2S. The van der Waals surface area contributed by atoms with E-state index in [0.717, 1.165) is 34.2 Å². The van der Waals surface area contributed by atoms with E-state index in [-0.39, 0.29) is 11.9 Å². The van der Waals surface area contributed by atoms with Crippen molar-refractivity contribution in [2.24, 2.45) is 0 Å². The number of imidazole rings is 1. The fraction of sp³-hybridized carbons (Fsp3) is 0.208. The van der Waals surface area contributed by atoms with Crippen LogP contribution in [0.4, 0.5) is 0 Å². The average molecular weight is 433 g/mol. The lowest BCUT2D eigenvalue weighted by atomic mass is 10.1. The third-order valence-corrected chi connectivity index (χ3v) is 5.72. The summed E-state index contributed by atoms with van der Waals surface area (Å²) in [7, 11) is 0. The van der Waals surface area contributed by atoms with Gasteiger partial charge in [-0.05, 0) is 43.2 Å². The quantitative estimate of drug-likeness (QED) is 0.396. The zero-order chi connectivity index (χ0) is 21.6. The summed E-state index contributed by atoms with van der Waals surface area (Å²) < 4.78 is 5.75. The lowest BCUT2D eigenvalue weighted by Crippen LogP contribution is -2.28. The summed E-state index contributed by atoms with van der Waals surface area (Å²) >= 11 is 1.60. The van der Waals surface area contributed by atoms with E-state index < -0.39 is 0 Å². The van der Waals surface area contributed by atoms with E-state index in [2.05, 4.69) is 20.3 Å². The summed E-state index contributed by atoms with van der Waals surface area (Å²) in [5.74, 6) is 1.30. The molecule has 1 unspecified atom stereocenters. The van der Waals surface area contributed by atoms with Gasteiger partial charge in [0.05, 0.1) is 28.6 Å². The molecule has 0 saturated carbocycles. The van der Waals surface area contributed by atoms with Gasteiger partial charge in [-0.1, -0.05) is 37.3 Å². The summed E-state index contributed by atoms with van der Waals surface area (Å²) in [4.78, 5) is 25.0. The summed E-state index contributed by atoms with van der Waals surface area (Å²) in [5, 5.41) is 6.07. The molecule has 0 aliphatic heterocycles. The summed E-state index contributed by atoms with van der Waals surface area (Å²) in [6.45, 7) is 4.40. The molecule has 0 saturated heterocycles. The fourth-order valence-corrected chi connectivity index (χ4v) is 3.82. The number of rotatable bonds is 8. The van der Waals surface area contributed by atoms with Crippen molar-refractivity contribution in [2.75, 3.05) is 0 Å². The highest BCUT2D eigenvalue weighted by atomic mass is 32.1. The Morgan fingerprint density at radius 1 is 1.16 bits per heavy atom. The van der Waals surface area contributed by atoms with Crippen molar-refractivity contribution < 1.29 is 9.53 Å². The zero-order valence-corrected chi connectivity index (χ0v) is 18.3. The Hall–Kier alpha value is -3.45. The number of carbonyl (C=O) groups is 1. The summed E-state index contributed by atoms with van der Waals surface area (Å²) in [6, 6.07) is 16.9. The van der Waals surface area contributed by atoms with Gasteiger partial charge in [0.1, 0.15) is 18.2 Å². The topological polar surface area (TPSA) is 79.9 Å². The van der Waals surface area contributed by atoms with Crippen LogP contribution in [0.15, 0.2) is 66.2 Å². The monoisotopic (exact) mass is 432 g/mol. The van der Waals surface area contributed by atoms with Crippen LogP contribution in [-0.4, -0.2) is 20.9 Å². The number of hydrogen-bond acceptors (Lipinski definition) is 5. The second kappa shape index (κ2) is 9.57. The molecule has 1 atom stereocenters. The number of benzene rings is 2. The Bertz CT molecular complexity index is 1140. The largest absolute Gasteiger partial charge is 0.487 e. The number of nitrogens with zero attached hydrogens (tertiary/aromatic N) is 2. The first kappa shape index (κ1) is 20.8. The van der Waals surface area contributed by atoms with Crippen molar-refractivity contribution in [2.45, 2.75) is 32.9 Å². The maximum atomic E-state index is 12.8. The van der Waals surface area contributed by atoms with Crippen molar-refractivity contribution in [3.8, 4) is 17.0 Å². The number of aromatic nitrogens is 3. The van der Waals surface area contributed by atoms with Crippen molar-refractivity contribution in [3.63, 3.8) is 0 Å². The minimum absolute atomic E-state index is 0.147. The van der Waals surface area contributed by atoms with Gasteiger partial charge in [0, 0.05) is 10.9 Å². The normalized spacial score (nSPS) is 11.8. The number of ether oxygens (including phenoxy) is 1. The van der Waals surface area contributed by atoms with Crippen LogP contribution < -0.4 is 10.1 Å². The number of thiazole rings is 1. The molecule has 0 aliphatic carbocycles. The molecule has 2 N–H and O–H groups in total. The maximum absolute atomic E-state index is 12.8. The Labute approximate surface area is 185 Å². The molecule has 0 aliphatic rings. The molecule has 2 heterocycles.